The third-order valence-electron chi connectivity index (χ3n) is 3.12. The van der Waals surface area contributed by atoms with Crippen LogP contribution in [-0.2, 0) is 0 Å². The molecule has 1 rings (SSSR count). The molecule has 16 heavy (non-hydrogen) atoms. The fourth-order valence-corrected chi connectivity index (χ4v) is 3.99. The number of rotatable bonds is 3. The van der Waals surface area contributed by atoms with E-state index in [1.807, 2.05) is 0 Å². The van der Waals surface area contributed by atoms with Crippen molar-refractivity contribution in [3.63, 3.8) is 0 Å². The van der Waals surface area contributed by atoms with Crippen molar-refractivity contribution in [2.75, 3.05) is 0 Å². The fourth-order valence-electron chi connectivity index (χ4n) is 1.58. The van der Waals surface area contributed by atoms with Gasteiger partial charge in [0, 0.05) is 17.9 Å². The van der Waals surface area contributed by atoms with Crippen molar-refractivity contribution in [2.45, 2.75) is 33.1 Å². The molecule has 0 aliphatic carbocycles. The topological polar surface area (TPSA) is 0 Å². The molecule has 0 saturated heterocycles. The molecule has 1 aromatic carbocycles. The van der Waals surface area contributed by atoms with Crippen LogP contribution in [0.1, 0.15) is 38.7 Å². The van der Waals surface area contributed by atoms with Crippen molar-refractivity contribution in [1.29, 1.82) is 0 Å². The summed E-state index contributed by atoms with van der Waals surface area (Å²) in [5, 5.41) is 0. The van der Waals surface area contributed by atoms with E-state index >= 15 is 0 Å². The monoisotopic (exact) mass is 474 g/mol. The van der Waals surface area contributed by atoms with Gasteiger partial charge in [-0.3, -0.25) is 0 Å². The summed E-state index contributed by atoms with van der Waals surface area (Å²) >= 11 is 14.4. The molecule has 0 aromatic heterocycles. The van der Waals surface area contributed by atoms with Crippen LogP contribution < -0.4 is 0 Å². The lowest BCUT2D eigenvalue weighted by molar-refractivity contribution is 0.471. The average molecular weight is 478 g/mol. The summed E-state index contributed by atoms with van der Waals surface area (Å²) < 4.78 is 4.37. The van der Waals surface area contributed by atoms with Gasteiger partial charge in [0.25, 0.3) is 0 Å². The molecule has 0 spiro atoms. The van der Waals surface area contributed by atoms with Crippen molar-refractivity contribution in [3.05, 3.63) is 29.5 Å². The molecule has 0 amide bonds. The highest BCUT2D eigenvalue weighted by atomic mass is 79.9. The summed E-state index contributed by atoms with van der Waals surface area (Å²) in [7, 11) is 0. The smallest absolute Gasteiger partial charge is 0.0473 e. The Labute approximate surface area is 131 Å². The Balaban J connectivity index is 3.25. The largest absolute Gasteiger partial charge is 0.0651 e. The predicted octanol–water partition coefficient (Wildman–Crippen LogP) is 6.89. The van der Waals surface area contributed by atoms with Gasteiger partial charge in [0.05, 0.1) is 0 Å². The number of hydrogen-bond donors (Lipinski definition) is 0. The Kier molecular flexibility index (Phi) is 6.03. The minimum atomic E-state index is 0.542. The molecule has 0 radical (unpaired) electrons. The minimum absolute atomic E-state index is 0.542. The first-order valence-electron chi connectivity index (χ1n) is 5.23. The highest BCUT2D eigenvalue weighted by Crippen LogP contribution is 2.43. The van der Waals surface area contributed by atoms with E-state index in [2.05, 4.69) is 90.6 Å². The van der Waals surface area contributed by atoms with Crippen LogP contribution in [0.5, 0.6) is 0 Å². The minimum Gasteiger partial charge on any atom is -0.0651 e. The number of hydrogen-bond acceptors (Lipinski definition) is 0. The van der Waals surface area contributed by atoms with Crippen LogP contribution in [0.15, 0.2) is 24.0 Å². The maximum Gasteiger partial charge on any atom is 0.0473 e. The summed E-state index contributed by atoms with van der Waals surface area (Å²) in [6, 6.07) is 2.19. The van der Waals surface area contributed by atoms with Crippen LogP contribution in [0.25, 0.3) is 0 Å². The normalized spacial score (nSPS) is 14.9. The molecular weight excluding hydrogens is 464 g/mol. The molecule has 0 fully saturated rings. The Morgan fingerprint density at radius 1 is 1.00 bits per heavy atom. The Hall–Kier alpha value is 1.14. The first-order chi connectivity index (χ1) is 7.40. The van der Waals surface area contributed by atoms with Crippen molar-refractivity contribution < 1.29 is 0 Å². The first-order valence-corrected chi connectivity index (χ1v) is 8.40. The van der Waals surface area contributed by atoms with Gasteiger partial charge < -0.3 is 0 Å². The summed E-state index contributed by atoms with van der Waals surface area (Å²) in [6.45, 7) is 6.81. The highest BCUT2D eigenvalue weighted by molar-refractivity contribution is 9.15. The zero-order valence-corrected chi connectivity index (χ0v) is 15.8. The third-order valence-corrected chi connectivity index (χ3v) is 7.81. The second-order valence-corrected chi connectivity index (χ2v) is 7.30. The molecule has 0 nitrogen and oxygen atoms in total. The van der Waals surface area contributed by atoms with Gasteiger partial charge in [-0.25, -0.2) is 0 Å². The quantitative estimate of drug-likeness (QED) is 0.328. The van der Waals surface area contributed by atoms with E-state index in [4.69, 9.17) is 0 Å². The Morgan fingerprint density at radius 3 is 2.06 bits per heavy atom. The molecular formula is C12H14Br4. The molecule has 0 saturated carbocycles. The SMILES string of the molecule is CCC(C)C(C)c1cc(Br)c(Br)c(Br)c1Br. The maximum absolute atomic E-state index is 3.67. The molecule has 0 bridgehead atoms. The molecule has 4 heteroatoms. The van der Waals surface area contributed by atoms with Gasteiger partial charge in [-0.15, -0.1) is 0 Å². The molecule has 2 atom stereocenters. The van der Waals surface area contributed by atoms with Gasteiger partial charge in [-0.1, -0.05) is 27.2 Å². The predicted molar refractivity (Wildman–Crippen MR) is 85.1 cm³/mol. The lowest BCUT2D eigenvalue weighted by atomic mass is 9.87. The van der Waals surface area contributed by atoms with E-state index in [1.165, 1.54) is 12.0 Å². The number of benzene rings is 1. The molecule has 2 unspecified atom stereocenters. The molecule has 90 valence electrons. The van der Waals surface area contributed by atoms with Crippen LogP contribution >= 0.6 is 63.7 Å². The van der Waals surface area contributed by atoms with Crippen molar-refractivity contribution in [1.82, 2.24) is 0 Å². The molecule has 0 heterocycles. The summed E-state index contributed by atoms with van der Waals surface area (Å²) in [4.78, 5) is 0. The molecule has 1 aromatic rings. The van der Waals surface area contributed by atoms with Gasteiger partial charge >= 0.3 is 0 Å². The van der Waals surface area contributed by atoms with Crippen molar-refractivity contribution in [3.8, 4) is 0 Å². The first kappa shape index (κ1) is 15.2. The van der Waals surface area contributed by atoms with E-state index < -0.39 is 0 Å². The van der Waals surface area contributed by atoms with Gasteiger partial charge in [-0.05, 0) is 87.2 Å². The maximum atomic E-state index is 3.67. The second kappa shape index (κ2) is 6.35. The van der Waals surface area contributed by atoms with Crippen LogP contribution in [0.2, 0.25) is 0 Å². The van der Waals surface area contributed by atoms with E-state index in [1.54, 1.807) is 0 Å². The molecule has 0 aliphatic heterocycles. The van der Waals surface area contributed by atoms with Gasteiger partial charge in [0.2, 0.25) is 0 Å². The Morgan fingerprint density at radius 2 is 1.56 bits per heavy atom. The van der Waals surface area contributed by atoms with Gasteiger partial charge in [-0.2, -0.15) is 0 Å². The third kappa shape index (κ3) is 3.12. The zero-order valence-electron chi connectivity index (χ0n) is 9.45. The molecule has 0 N–H and O–H groups in total. The fraction of sp³-hybridized carbons (Fsp3) is 0.500. The summed E-state index contributed by atoms with van der Waals surface area (Å²) in [5.41, 5.74) is 1.34. The van der Waals surface area contributed by atoms with E-state index in [0.29, 0.717) is 11.8 Å². The number of halogens is 4. The van der Waals surface area contributed by atoms with E-state index in [0.717, 1.165) is 17.9 Å². The summed E-state index contributed by atoms with van der Waals surface area (Å²) in [6.07, 6.45) is 1.19. The zero-order chi connectivity index (χ0) is 12.5. The van der Waals surface area contributed by atoms with Crippen LogP contribution in [0.3, 0.4) is 0 Å². The lowest BCUT2D eigenvalue weighted by Crippen LogP contribution is -2.06. The van der Waals surface area contributed by atoms with Crippen LogP contribution in [-0.4, -0.2) is 0 Å². The van der Waals surface area contributed by atoms with Crippen LogP contribution in [0, 0.1) is 5.92 Å². The van der Waals surface area contributed by atoms with E-state index in [9.17, 15) is 0 Å². The second-order valence-electron chi connectivity index (χ2n) is 4.06. The van der Waals surface area contributed by atoms with Crippen molar-refractivity contribution in [2.24, 2.45) is 5.92 Å². The van der Waals surface area contributed by atoms with Gasteiger partial charge in [0.1, 0.15) is 0 Å². The van der Waals surface area contributed by atoms with Crippen LogP contribution in [0.4, 0.5) is 0 Å². The highest BCUT2D eigenvalue weighted by Gasteiger charge is 2.19. The lowest BCUT2D eigenvalue weighted by Gasteiger charge is -2.21. The standard InChI is InChI=1S/C12H14Br4/c1-4-6(2)7(3)8-5-9(13)11(15)12(16)10(8)14/h5-7H,4H2,1-3H3. The molecule has 0 aliphatic rings. The van der Waals surface area contributed by atoms with Gasteiger partial charge in [0.15, 0.2) is 0 Å². The summed E-state index contributed by atoms with van der Waals surface area (Å²) in [5.74, 6) is 1.22. The van der Waals surface area contributed by atoms with E-state index in [-0.39, 0.29) is 0 Å². The average Bonchev–Trinajstić information content (AvgIpc) is 2.29. The Bertz CT molecular complexity index is 387. The van der Waals surface area contributed by atoms with Crippen molar-refractivity contribution >= 4 is 63.7 Å².